The van der Waals surface area contributed by atoms with E-state index in [9.17, 15) is 0 Å². The summed E-state index contributed by atoms with van der Waals surface area (Å²) in [5.41, 5.74) is 1.35. The Morgan fingerprint density at radius 1 is 1.28 bits per heavy atom. The number of hydrogen-bond donors (Lipinski definition) is 1. The van der Waals surface area contributed by atoms with Gasteiger partial charge in [0.15, 0.2) is 0 Å². The number of likely N-dealkylation sites (N-methyl/N-ethyl adjacent to an activating group) is 1. The summed E-state index contributed by atoms with van der Waals surface area (Å²) in [6, 6.07) is 8.95. The van der Waals surface area contributed by atoms with Gasteiger partial charge in [-0.25, -0.2) is 0 Å². The van der Waals surface area contributed by atoms with Crippen molar-refractivity contribution in [1.29, 1.82) is 0 Å². The third-order valence-electron chi connectivity index (χ3n) is 3.31. The zero-order valence-corrected chi connectivity index (χ0v) is 12.1. The molecule has 18 heavy (non-hydrogen) atoms. The van der Waals surface area contributed by atoms with Crippen LogP contribution < -0.4 is 5.32 Å². The average molecular weight is 263 g/mol. The highest BCUT2D eigenvalue weighted by atomic mass is 32.1. The van der Waals surface area contributed by atoms with E-state index in [1.807, 2.05) is 18.4 Å². The van der Waals surface area contributed by atoms with Gasteiger partial charge >= 0.3 is 0 Å². The highest BCUT2D eigenvalue weighted by molar-refractivity contribution is 7.17. The number of rotatable bonds is 6. The van der Waals surface area contributed by atoms with Crippen LogP contribution in [-0.4, -0.2) is 19.8 Å². The van der Waals surface area contributed by atoms with Crippen LogP contribution in [0.1, 0.15) is 31.9 Å². The van der Waals surface area contributed by atoms with Gasteiger partial charge in [0.25, 0.3) is 0 Å². The summed E-state index contributed by atoms with van der Waals surface area (Å²) in [4.78, 5) is 0. The van der Waals surface area contributed by atoms with E-state index in [-0.39, 0.29) is 12.1 Å². The first-order chi connectivity index (χ1) is 8.81. The maximum atomic E-state index is 5.87. The topological polar surface area (TPSA) is 21.3 Å². The number of ether oxygens (including phenoxy) is 1. The van der Waals surface area contributed by atoms with Gasteiger partial charge in [-0.2, -0.15) is 0 Å². The first-order valence-corrected chi connectivity index (χ1v) is 7.44. The van der Waals surface area contributed by atoms with E-state index in [0.717, 1.165) is 13.0 Å². The molecule has 1 aromatic heterocycles. The summed E-state index contributed by atoms with van der Waals surface area (Å²) in [5.74, 6) is 0. The maximum absolute atomic E-state index is 5.87. The molecule has 0 aliphatic rings. The third-order valence-corrected chi connectivity index (χ3v) is 4.29. The molecule has 0 saturated heterocycles. The van der Waals surface area contributed by atoms with E-state index in [0.29, 0.717) is 0 Å². The zero-order chi connectivity index (χ0) is 13.0. The smallest absolute Gasteiger partial charge is 0.0767 e. The second kappa shape index (κ2) is 6.32. The van der Waals surface area contributed by atoms with Crippen LogP contribution in [0.15, 0.2) is 29.6 Å². The summed E-state index contributed by atoms with van der Waals surface area (Å²) in [6.07, 6.45) is 1.24. The van der Waals surface area contributed by atoms with Crippen LogP contribution in [0.3, 0.4) is 0 Å². The highest BCUT2D eigenvalue weighted by Gasteiger charge is 2.22. The van der Waals surface area contributed by atoms with Crippen LogP contribution in [0.25, 0.3) is 10.1 Å². The molecule has 2 atom stereocenters. The summed E-state index contributed by atoms with van der Waals surface area (Å²) in [6.45, 7) is 5.00. The molecule has 3 heteroatoms. The quantitative estimate of drug-likeness (QED) is 0.851. The Labute approximate surface area is 113 Å². The van der Waals surface area contributed by atoms with Gasteiger partial charge in [0.1, 0.15) is 0 Å². The molecule has 0 spiro atoms. The Morgan fingerprint density at radius 2 is 2.11 bits per heavy atom. The van der Waals surface area contributed by atoms with Gasteiger partial charge in [-0.3, -0.25) is 0 Å². The van der Waals surface area contributed by atoms with Gasteiger partial charge < -0.3 is 10.1 Å². The zero-order valence-electron chi connectivity index (χ0n) is 11.3. The van der Waals surface area contributed by atoms with E-state index >= 15 is 0 Å². The van der Waals surface area contributed by atoms with E-state index in [2.05, 4.69) is 48.8 Å². The molecule has 0 saturated carbocycles. The predicted octanol–water partition coefficient (Wildman–Crippen LogP) is 3.98. The van der Waals surface area contributed by atoms with Crippen LogP contribution in [0, 0.1) is 0 Å². The predicted molar refractivity (Wildman–Crippen MR) is 79.3 cm³/mol. The Bertz CT molecular complexity index is 494. The molecule has 2 nitrogen and oxygen atoms in total. The maximum Gasteiger partial charge on any atom is 0.0767 e. The van der Waals surface area contributed by atoms with Crippen molar-refractivity contribution in [1.82, 2.24) is 5.32 Å². The second-order valence-electron chi connectivity index (χ2n) is 4.35. The molecule has 98 valence electrons. The van der Waals surface area contributed by atoms with Gasteiger partial charge in [-0.05, 0) is 42.8 Å². The van der Waals surface area contributed by atoms with Crippen molar-refractivity contribution in [3.63, 3.8) is 0 Å². The fourth-order valence-corrected chi connectivity index (χ4v) is 3.42. The highest BCUT2D eigenvalue weighted by Crippen LogP contribution is 2.31. The fraction of sp³-hybridized carbons (Fsp3) is 0.467. The summed E-state index contributed by atoms with van der Waals surface area (Å²) >= 11 is 1.81. The van der Waals surface area contributed by atoms with E-state index in [4.69, 9.17) is 4.74 Å². The molecule has 1 aromatic carbocycles. The number of thiophene rings is 1. The Balaban J connectivity index is 2.39. The molecule has 0 radical (unpaired) electrons. The molecule has 0 fully saturated rings. The van der Waals surface area contributed by atoms with Gasteiger partial charge in [-0.1, -0.05) is 25.1 Å². The van der Waals surface area contributed by atoms with Crippen molar-refractivity contribution in [3.05, 3.63) is 35.2 Å². The lowest BCUT2D eigenvalue weighted by Gasteiger charge is -2.26. The van der Waals surface area contributed by atoms with Gasteiger partial charge in [0.05, 0.1) is 12.1 Å². The van der Waals surface area contributed by atoms with Crippen molar-refractivity contribution in [2.45, 2.75) is 32.4 Å². The van der Waals surface area contributed by atoms with E-state index in [1.165, 1.54) is 15.6 Å². The van der Waals surface area contributed by atoms with Gasteiger partial charge in [0.2, 0.25) is 0 Å². The van der Waals surface area contributed by atoms with Crippen LogP contribution in [0.4, 0.5) is 0 Å². The summed E-state index contributed by atoms with van der Waals surface area (Å²) < 4.78 is 7.24. The number of nitrogens with one attached hydrogen (secondary N) is 1. The Morgan fingerprint density at radius 3 is 2.78 bits per heavy atom. The molecule has 0 aliphatic carbocycles. The van der Waals surface area contributed by atoms with Crippen molar-refractivity contribution in [2.75, 3.05) is 13.7 Å². The lowest BCUT2D eigenvalue weighted by molar-refractivity contribution is 0.0338. The van der Waals surface area contributed by atoms with Gasteiger partial charge in [-0.15, -0.1) is 11.3 Å². The molecule has 2 rings (SSSR count). The minimum Gasteiger partial charge on any atom is -0.377 e. The normalized spacial score (nSPS) is 14.8. The standard InChI is InChI=1S/C15H21NOS/c1-4-13(17-5-2)14(16-3)12-8-6-7-11-9-10-18-15(11)12/h6-10,13-14,16H,4-5H2,1-3H3. The molecular weight excluding hydrogens is 242 g/mol. The van der Waals surface area contributed by atoms with E-state index in [1.54, 1.807) is 0 Å². The van der Waals surface area contributed by atoms with Crippen molar-refractivity contribution < 1.29 is 4.74 Å². The third kappa shape index (κ3) is 2.58. The van der Waals surface area contributed by atoms with Crippen LogP contribution in [0.5, 0.6) is 0 Å². The van der Waals surface area contributed by atoms with Crippen molar-refractivity contribution in [3.8, 4) is 0 Å². The van der Waals surface area contributed by atoms with Crippen molar-refractivity contribution in [2.24, 2.45) is 0 Å². The van der Waals surface area contributed by atoms with E-state index < -0.39 is 0 Å². The first-order valence-electron chi connectivity index (χ1n) is 6.56. The Hall–Kier alpha value is -0.900. The molecule has 1 heterocycles. The lowest BCUT2D eigenvalue weighted by atomic mass is 9.98. The number of fused-ring (bicyclic) bond motifs is 1. The van der Waals surface area contributed by atoms with Crippen molar-refractivity contribution >= 4 is 21.4 Å². The average Bonchev–Trinajstić information content (AvgIpc) is 2.87. The van der Waals surface area contributed by atoms with Crippen LogP contribution >= 0.6 is 11.3 Å². The monoisotopic (exact) mass is 263 g/mol. The summed E-state index contributed by atoms with van der Waals surface area (Å²) in [5, 5.41) is 6.90. The molecule has 1 N–H and O–H groups in total. The number of hydrogen-bond acceptors (Lipinski definition) is 3. The Kier molecular flexibility index (Phi) is 4.75. The number of benzene rings is 1. The first kappa shape index (κ1) is 13.5. The second-order valence-corrected chi connectivity index (χ2v) is 5.27. The minimum absolute atomic E-state index is 0.229. The van der Waals surface area contributed by atoms with Crippen LogP contribution in [0.2, 0.25) is 0 Å². The lowest BCUT2D eigenvalue weighted by Crippen LogP contribution is -2.31. The molecule has 0 aliphatic heterocycles. The van der Waals surface area contributed by atoms with Crippen LogP contribution in [-0.2, 0) is 4.74 Å². The molecule has 2 unspecified atom stereocenters. The fourth-order valence-electron chi connectivity index (χ4n) is 2.47. The SMILES string of the molecule is CCOC(CC)C(NC)c1cccc2ccsc12. The largest absolute Gasteiger partial charge is 0.377 e. The molecule has 2 aromatic rings. The minimum atomic E-state index is 0.229. The molecular formula is C15H21NOS. The summed E-state index contributed by atoms with van der Waals surface area (Å²) in [7, 11) is 2.01. The molecule has 0 bridgehead atoms. The van der Waals surface area contributed by atoms with Gasteiger partial charge in [0, 0.05) is 11.3 Å². The molecule has 0 amide bonds.